The Hall–Kier alpha value is -5.12. The van der Waals surface area contributed by atoms with E-state index in [4.69, 9.17) is 0 Å². The van der Waals surface area contributed by atoms with Gasteiger partial charge in [-0.25, -0.2) is 0 Å². The molecule has 0 heterocycles. The molecule has 288 valence electrons. The van der Waals surface area contributed by atoms with E-state index in [9.17, 15) is 42.1 Å². The first-order valence-corrected chi connectivity index (χ1v) is 20.9. The average molecular weight is 745 g/mol. The van der Waals surface area contributed by atoms with Gasteiger partial charge < -0.3 is 0 Å². The van der Waals surface area contributed by atoms with E-state index in [1.54, 1.807) is 0 Å². The smallest absolute Gasteiger partial charge is 0.186 e. The van der Waals surface area contributed by atoms with E-state index in [-0.39, 0.29) is 34.5 Å². The third kappa shape index (κ3) is 3.84. The van der Waals surface area contributed by atoms with Crippen LogP contribution in [-0.4, -0.2) is 0 Å². The second-order valence-electron chi connectivity index (χ2n) is 17.3. The summed E-state index contributed by atoms with van der Waals surface area (Å²) in [5, 5.41) is 83.5. The minimum Gasteiger partial charge on any atom is -0.196 e. The van der Waals surface area contributed by atoms with Crippen LogP contribution in [0.4, 0.5) is 0 Å². The third-order valence-electron chi connectivity index (χ3n) is 16.8. The Morgan fingerprint density at radius 1 is 0.464 bits per heavy atom. The summed E-state index contributed by atoms with van der Waals surface area (Å²) in [5.41, 5.74) is -1.85. The molecule has 8 rings (SSSR count). The first kappa shape index (κ1) is 42.0. The topological polar surface area (TPSA) is 190 Å². The Bertz CT molecular complexity index is 1980. The first-order valence-electron chi connectivity index (χ1n) is 20.9. The summed E-state index contributed by atoms with van der Waals surface area (Å²) in [7, 11) is 0. The van der Waals surface area contributed by atoms with Crippen LogP contribution < -0.4 is 0 Å². The van der Waals surface area contributed by atoms with Gasteiger partial charge in [-0.3, -0.25) is 0 Å². The monoisotopic (exact) mass is 744 g/mol. The van der Waals surface area contributed by atoms with Crippen molar-refractivity contribution in [1.29, 1.82) is 42.1 Å². The van der Waals surface area contributed by atoms with Crippen molar-refractivity contribution < 1.29 is 0 Å². The highest BCUT2D eigenvalue weighted by molar-refractivity contribution is 5.60. The fraction of sp³-hybridized carbons (Fsp3) is 0.667. The van der Waals surface area contributed by atoms with Gasteiger partial charge in [0, 0.05) is 33.5 Å². The molecule has 8 aliphatic carbocycles. The lowest BCUT2D eigenvalue weighted by atomic mass is 9.27. The van der Waals surface area contributed by atoms with Gasteiger partial charge in [0.1, 0.15) is 0 Å². The van der Waals surface area contributed by atoms with Crippen LogP contribution in [0.3, 0.4) is 0 Å². The Morgan fingerprint density at radius 3 is 0.964 bits per heavy atom. The van der Waals surface area contributed by atoms with Gasteiger partial charge in [0.2, 0.25) is 0 Å². The first-order chi connectivity index (χ1) is 26.7. The Kier molecular flexibility index (Phi) is 10.4. The van der Waals surface area contributed by atoms with Crippen LogP contribution in [0, 0.1) is 158 Å². The Labute approximate surface area is 335 Å². The minimum absolute atomic E-state index is 0.0943. The highest BCUT2D eigenvalue weighted by Crippen LogP contribution is 2.84. The van der Waals surface area contributed by atoms with Gasteiger partial charge in [-0.05, 0) is 89.9 Å². The molecule has 0 aromatic heterocycles. The molecule has 2 fully saturated rings. The van der Waals surface area contributed by atoms with Gasteiger partial charge >= 0.3 is 0 Å². The molecule has 0 radical (unpaired) electrons. The zero-order valence-corrected chi connectivity index (χ0v) is 35.1. The van der Waals surface area contributed by atoms with E-state index in [0.29, 0.717) is 12.8 Å². The molecular weight excluding hydrogens is 689 g/mol. The summed E-state index contributed by atoms with van der Waals surface area (Å²) in [4.78, 5) is 0. The van der Waals surface area contributed by atoms with Crippen molar-refractivity contribution in [3.8, 4) is 48.6 Å². The van der Waals surface area contributed by atoms with Crippen LogP contribution in [0.15, 0.2) is 45.6 Å². The Balaban J connectivity index is 0.000000214. The second kappa shape index (κ2) is 13.8. The van der Waals surface area contributed by atoms with E-state index in [1.165, 1.54) is 11.1 Å². The lowest BCUT2D eigenvalue weighted by Gasteiger charge is -2.70. The van der Waals surface area contributed by atoms with Crippen LogP contribution in [0.2, 0.25) is 0 Å². The van der Waals surface area contributed by atoms with E-state index < -0.39 is 32.5 Å². The molecule has 2 saturated carbocycles. The van der Waals surface area contributed by atoms with Crippen molar-refractivity contribution in [2.24, 2.45) is 67.0 Å². The summed E-state index contributed by atoms with van der Waals surface area (Å²) in [6.45, 7) is 20.9. The normalized spacial score (nSPS) is 36.5. The van der Waals surface area contributed by atoms with Crippen molar-refractivity contribution in [3.05, 3.63) is 45.6 Å². The van der Waals surface area contributed by atoms with E-state index in [1.807, 2.05) is 13.8 Å². The predicted octanol–water partition coefficient (Wildman–Crippen LogP) is 11.1. The number of nitriles is 8. The largest absolute Gasteiger partial charge is 0.196 e. The summed E-state index contributed by atoms with van der Waals surface area (Å²) in [5.74, 6) is -0.554. The van der Waals surface area contributed by atoms with Crippen molar-refractivity contribution in [3.63, 3.8) is 0 Å². The van der Waals surface area contributed by atoms with Gasteiger partial charge in [0.25, 0.3) is 0 Å². The number of hydrogen-bond acceptors (Lipinski definition) is 8. The predicted molar refractivity (Wildman–Crippen MR) is 211 cm³/mol. The van der Waals surface area contributed by atoms with Crippen molar-refractivity contribution in [2.75, 3.05) is 0 Å². The maximum Gasteiger partial charge on any atom is 0.186 e. The molecule has 8 nitrogen and oxygen atoms in total. The van der Waals surface area contributed by atoms with Crippen LogP contribution in [0.25, 0.3) is 0 Å². The third-order valence-corrected chi connectivity index (χ3v) is 16.8. The highest BCUT2D eigenvalue weighted by Gasteiger charge is 2.85. The van der Waals surface area contributed by atoms with Crippen LogP contribution in [0.5, 0.6) is 0 Å². The summed E-state index contributed by atoms with van der Waals surface area (Å²) < 4.78 is 0. The lowest BCUT2D eigenvalue weighted by Crippen LogP contribution is -2.72. The van der Waals surface area contributed by atoms with Crippen molar-refractivity contribution in [2.45, 2.75) is 133 Å². The summed E-state index contributed by atoms with van der Waals surface area (Å²) in [6.07, 6.45) is 12.0. The van der Waals surface area contributed by atoms with Crippen LogP contribution >= 0.6 is 0 Å². The molecule has 0 amide bonds. The second-order valence-corrected chi connectivity index (χ2v) is 17.3. The number of rotatable bonds is 8. The number of hydrogen-bond donors (Lipinski definition) is 0. The molecular formula is C48H56N8. The lowest BCUT2D eigenvalue weighted by molar-refractivity contribution is -0.148. The molecule has 4 bridgehead atoms. The quantitative estimate of drug-likeness (QED) is 0.219. The SMILES string of the molecule is CCC1=C(CC)[C@@]2(CC)C(C#N)(C#N)C(C#N)(C#N)[C@@H]1[C@H]1CC(C)=C[C@]12CC.CCC1=C(CC)[C@@]2(CC)C(C#N)(C#N)C(C#N)(C#N)[C@@H]1[C@H]1CC(C)=C[C@]12CC. The maximum atomic E-state index is 10.5. The molecule has 56 heavy (non-hydrogen) atoms. The number of allylic oxidation sites excluding steroid dienone is 8. The van der Waals surface area contributed by atoms with Gasteiger partial charge in [-0.2, -0.15) is 42.1 Å². The molecule has 0 unspecified atom stereocenters. The molecule has 0 aromatic rings. The van der Waals surface area contributed by atoms with E-state index >= 15 is 0 Å². The zero-order chi connectivity index (χ0) is 41.9. The van der Waals surface area contributed by atoms with Crippen LogP contribution in [-0.2, 0) is 0 Å². The van der Waals surface area contributed by atoms with Gasteiger partial charge in [-0.1, -0.05) is 101 Å². The molecule has 0 aromatic carbocycles. The molecule has 8 heteroatoms. The van der Waals surface area contributed by atoms with E-state index in [2.05, 4.69) is 116 Å². The highest BCUT2D eigenvalue weighted by atomic mass is 14.8. The number of fused-ring (bicyclic) bond motifs is 2. The summed E-state index contributed by atoms with van der Waals surface area (Å²) >= 11 is 0. The van der Waals surface area contributed by atoms with Crippen molar-refractivity contribution >= 4 is 0 Å². The zero-order valence-electron chi connectivity index (χ0n) is 35.1. The van der Waals surface area contributed by atoms with Crippen LogP contribution in [0.1, 0.15) is 133 Å². The molecule has 0 N–H and O–H groups in total. The minimum atomic E-state index is -1.68. The fourth-order valence-electron chi connectivity index (χ4n) is 15.7. The van der Waals surface area contributed by atoms with E-state index in [0.717, 1.165) is 73.7 Å². The summed E-state index contributed by atoms with van der Waals surface area (Å²) in [6, 6.07) is 18.3. The molecule has 0 saturated heterocycles. The Morgan fingerprint density at radius 2 is 0.768 bits per heavy atom. The molecule has 8 aliphatic rings. The van der Waals surface area contributed by atoms with Crippen molar-refractivity contribution in [1.82, 2.24) is 0 Å². The number of nitrogens with zero attached hydrogens (tertiary/aromatic N) is 8. The van der Waals surface area contributed by atoms with Gasteiger partial charge in [0.15, 0.2) is 21.7 Å². The maximum absolute atomic E-state index is 10.5. The molecule has 0 spiro atoms. The fourth-order valence-corrected chi connectivity index (χ4v) is 15.7. The average Bonchev–Trinajstić information content (AvgIpc) is 3.79. The van der Waals surface area contributed by atoms with Gasteiger partial charge in [-0.15, -0.1) is 0 Å². The standard InChI is InChI=1S/2C24H28N4/c2*1-6-17-18(7-2)24(9-4)21(8-3)11-16(5)10-19(21)20(17)22(12-25,13-26)23(24,14-27)15-28/h2*11,19-20H,6-10H2,1-5H3/t2*19-,20+,21-,24-/m11/s1. The molecule has 8 atom stereocenters. The van der Waals surface area contributed by atoms with Gasteiger partial charge in [0.05, 0.1) is 48.6 Å². The molecule has 0 aliphatic heterocycles.